The number of hydrogen-bond donors (Lipinski definition) is 1. The second kappa shape index (κ2) is 8.33. The van der Waals surface area contributed by atoms with Gasteiger partial charge in [0.05, 0.1) is 16.3 Å². The summed E-state index contributed by atoms with van der Waals surface area (Å²) >= 11 is 2.94. The molecule has 5 rings (SSSR count). The molecule has 0 spiro atoms. The van der Waals surface area contributed by atoms with Crippen molar-refractivity contribution in [3.05, 3.63) is 81.2 Å². The van der Waals surface area contributed by atoms with Gasteiger partial charge >= 0.3 is 0 Å². The van der Waals surface area contributed by atoms with Crippen LogP contribution in [0.1, 0.15) is 29.1 Å². The Kier molecular flexibility index (Phi) is 5.36. The zero-order chi connectivity index (χ0) is 22.2. The van der Waals surface area contributed by atoms with E-state index in [2.05, 4.69) is 38.7 Å². The van der Waals surface area contributed by atoms with Crippen LogP contribution in [0.4, 0.5) is 0 Å². The number of aromatic nitrogens is 6. The minimum absolute atomic E-state index is 0.133. The second-order valence-corrected chi connectivity index (χ2v) is 9.74. The van der Waals surface area contributed by atoms with Crippen molar-refractivity contribution in [3.63, 3.8) is 0 Å². The molecule has 0 bridgehead atoms. The topological polar surface area (TPSA) is 89.3 Å². The monoisotopic (exact) mass is 460 g/mol. The number of rotatable bonds is 5. The molecule has 160 valence electrons. The molecule has 32 heavy (non-hydrogen) atoms. The smallest absolute Gasteiger partial charge is 0.260 e. The molecular formula is C23H20N6OS2. The highest BCUT2D eigenvalue weighted by molar-refractivity contribution is 7.99. The van der Waals surface area contributed by atoms with Crippen molar-refractivity contribution < 1.29 is 0 Å². The van der Waals surface area contributed by atoms with Crippen LogP contribution in [0.2, 0.25) is 0 Å². The van der Waals surface area contributed by atoms with Gasteiger partial charge in [-0.15, -0.1) is 16.4 Å². The SMILES string of the molecule is Cc1ccc(C)c(-n2nnnc2SC(C)c2nc3scc(-c4ccccc4)c3c(=O)[nH]2)c1. The zero-order valence-electron chi connectivity index (χ0n) is 17.7. The minimum Gasteiger partial charge on any atom is -0.309 e. The molecule has 9 heteroatoms. The summed E-state index contributed by atoms with van der Waals surface area (Å²) in [7, 11) is 0. The first-order valence-corrected chi connectivity index (χ1v) is 11.9. The number of H-pyrrole nitrogens is 1. The van der Waals surface area contributed by atoms with Crippen LogP contribution in [-0.2, 0) is 0 Å². The first kappa shape index (κ1) is 20.6. The van der Waals surface area contributed by atoms with Crippen LogP contribution >= 0.6 is 23.1 Å². The van der Waals surface area contributed by atoms with Gasteiger partial charge in [0.2, 0.25) is 5.16 Å². The quantitative estimate of drug-likeness (QED) is 0.367. The van der Waals surface area contributed by atoms with E-state index < -0.39 is 0 Å². The van der Waals surface area contributed by atoms with Gasteiger partial charge in [-0.25, -0.2) is 4.98 Å². The maximum absolute atomic E-state index is 13.0. The van der Waals surface area contributed by atoms with Crippen LogP contribution in [0.25, 0.3) is 27.0 Å². The molecule has 0 radical (unpaired) electrons. The zero-order valence-corrected chi connectivity index (χ0v) is 19.4. The molecule has 3 aromatic heterocycles. The van der Waals surface area contributed by atoms with Gasteiger partial charge in [0.25, 0.3) is 5.56 Å². The molecule has 2 aromatic carbocycles. The van der Waals surface area contributed by atoms with Gasteiger partial charge in [0.15, 0.2) is 0 Å². The van der Waals surface area contributed by atoms with Crippen LogP contribution in [0.5, 0.6) is 0 Å². The third-order valence-corrected chi connectivity index (χ3v) is 7.16. The third kappa shape index (κ3) is 3.74. The molecule has 7 nitrogen and oxygen atoms in total. The number of benzene rings is 2. The average Bonchev–Trinajstić information content (AvgIpc) is 3.43. The van der Waals surface area contributed by atoms with E-state index in [-0.39, 0.29) is 10.8 Å². The summed E-state index contributed by atoms with van der Waals surface area (Å²) in [5.74, 6) is 0.601. The fourth-order valence-electron chi connectivity index (χ4n) is 3.55. The average molecular weight is 461 g/mol. The van der Waals surface area contributed by atoms with E-state index >= 15 is 0 Å². The second-order valence-electron chi connectivity index (χ2n) is 7.57. The molecule has 0 amide bonds. The Morgan fingerprint density at radius 3 is 2.75 bits per heavy atom. The van der Waals surface area contributed by atoms with Crippen molar-refractivity contribution in [2.24, 2.45) is 0 Å². The lowest BCUT2D eigenvalue weighted by Crippen LogP contribution is -2.12. The molecule has 1 unspecified atom stereocenters. The van der Waals surface area contributed by atoms with E-state index in [9.17, 15) is 4.79 Å². The van der Waals surface area contributed by atoms with Crippen molar-refractivity contribution in [2.75, 3.05) is 0 Å². The maximum atomic E-state index is 13.0. The number of thiophene rings is 1. The first-order valence-electron chi connectivity index (χ1n) is 10.1. The minimum atomic E-state index is -0.149. The molecule has 3 heterocycles. The Morgan fingerprint density at radius 1 is 1.12 bits per heavy atom. The van der Waals surface area contributed by atoms with Gasteiger partial charge in [0.1, 0.15) is 10.7 Å². The van der Waals surface area contributed by atoms with Crippen molar-refractivity contribution in [1.29, 1.82) is 0 Å². The summed E-state index contributed by atoms with van der Waals surface area (Å²) in [6.07, 6.45) is 0. The van der Waals surface area contributed by atoms with Gasteiger partial charge in [-0.3, -0.25) is 4.79 Å². The van der Waals surface area contributed by atoms with Crippen LogP contribution in [-0.4, -0.2) is 30.2 Å². The molecule has 1 atom stereocenters. The number of hydrogen-bond acceptors (Lipinski definition) is 7. The van der Waals surface area contributed by atoms with Crippen molar-refractivity contribution >= 4 is 33.3 Å². The largest absolute Gasteiger partial charge is 0.309 e. The molecule has 1 N–H and O–H groups in total. The van der Waals surface area contributed by atoms with Gasteiger partial charge in [-0.2, -0.15) is 4.68 Å². The van der Waals surface area contributed by atoms with Gasteiger partial charge in [-0.05, 0) is 54.0 Å². The molecule has 0 aliphatic rings. The van der Waals surface area contributed by atoms with Crippen molar-refractivity contribution in [3.8, 4) is 16.8 Å². The highest BCUT2D eigenvalue weighted by Crippen LogP contribution is 2.35. The molecular weight excluding hydrogens is 440 g/mol. The lowest BCUT2D eigenvalue weighted by Gasteiger charge is -2.12. The van der Waals surface area contributed by atoms with Crippen LogP contribution in [0, 0.1) is 13.8 Å². The Bertz CT molecular complexity index is 1470. The summed E-state index contributed by atoms with van der Waals surface area (Å²) in [5.41, 5.74) is 4.93. The van der Waals surface area contributed by atoms with E-state index in [0.717, 1.165) is 32.8 Å². The lowest BCUT2D eigenvalue weighted by molar-refractivity contribution is 0.749. The van der Waals surface area contributed by atoms with Crippen LogP contribution in [0.3, 0.4) is 0 Å². The number of nitrogens with zero attached hydrogens (tertiary/aromatic N) is 5. The number of thioether (sulfide) groups is 1. The Morgan fingerprint density at radius 2 is 1.94 bits per heavy atom. The van der Waals surface area contributed by atoms with Gasteiger partial charge in [0, 0.05) is 10.9 Å². The van der Waals surface area contributed by atoms with Crippen LogP contribution < -0.4 is 5.56 Å². The number of fused-ring (bicyclic) bond motifs is 1. The molecule has 0 saturated heterocycles. The highest BCUT2D eigenvalue weighted by Gasteiger charge is 2.20. The lowest BCUT2D eigenvalue weighted by atomic mass is 10.1. The summed E-state index contributed by atoms with van der Waals surface area (Å²) in [5, 5.41) is 15.4. The highest BCUT2D eigenvalue weighted by atomic mass is 32.2. The van der Waals surface area contributed by atoms with E-state index in [4.69, 9.17) is 4.98 Å². The molecule has 5 aromatic rings. The van der Waals surface area contributed by atoms with Crippen molar-refractivity contribution in [2.45, 2.75) is 31.2 Å². The normalized spacial score (nSPS) is 12.3. The maximum Gasteiger partial charge on any atom is 0.260 e. The van der Waals surface area contributed by atoms with Gasteiger partial charge < -0.3 is 4.98 Å². The third-order valence-electron chi connectivity index (χ3n) is 5.25. The molecule has 0 aliphatic carbocycles. The predicted molar refractivity (Wildman–Crippen MR) is 129 cm³/mol. The number of aryl methyl sites for hydroxylation is 2. The van der Waals surface area contributed by atoms with E-state index in [0.29, 0.717) is 16.4 Å². The molecule has 0 aliphatic heterocycles. The van der Waals surface area contributed by atoms with Crippen molar-refractivity contribution in [1.82, 2.24) is 30.2 Å². The summed E-state index contributed by atoms with van der Waals surface area (Å²) in [6.45, 7) is 6.06. The number of tetrazole rings is 1. The fraction of sp³-hybridized carbons (Fsp3) is 0.174. The number of nitrogens with one attached hydrogen (secondary N) is 1. The van der Waals surface area contributed by atoms with E-state index in [1.807, 2.05) is 56.5 Å². The predicted octanol–water partition coefficient (Wildman–Crippen LogP) is 5.10. The summed E-state index contributed by atoms with van der Waals surface area (Å²) in [4.78, 5) is 21.5. The molecule has 0 fully saturated rings. The first-order chi connectivity index (χ1) is 15.5. The van der Waals surface area contributed by atoms with Crippen LogP contribution in [0.15, 0.2) is 63.9 Å². The Balaban J connectivity index is 1.48. The Hall–Kier alpha value is -3.30. The van der Waals surface area contributed by atoms with E-state index in [1.54, 1.807) is 4.68 Å². The standard InChI is InChI=1S/C23H20N6OS2/c1-13-9-10-14(2)18(11-13)29-23(26-27-28-29)32-15(3)20-24-21(30)19-17(12-31-22(19)25-20)16-7-5-4-6-8-16/h4-12,15H,1-3H3,(H,24,25,30). The van der Waals surface area contributed by atoms with Gasteiger partial charge in [-0.1, -0.05) is 54.2 Å². The Labute approximate surface area is 192 Å². The fourth-order valence-corrected chi connectivity index (χ4v) is 5.37. The summed E-state index contributed by atoms with van der Waals surface area (Å²) < 4.78 is 1.73. The molecule has 0 saturated carbocycles. The van der Waals surface area contributed by atoms with E-state index in [1.165, 1.54) is 23.1 Å². The summed E-state index contributed by atoms with van der Waals surface area (Å²) in [6, 6.07) is 16.1. The number of aromatic amines is 1.